The van der Waals surface area contributed by atoms with Crippen molar-refractivity contribution in [2.75, 3.05) is 14.1 Å². The zero-order chi connectivity index (χ0) is 31.0. The summed E-state index contributed by atoms with van der Waals surface area (Å²) in [7, 11) is 4.25. The van der Waals surface area contributed by atoms with E-state index in [1.165, 1.54) is 33.0 Å². The minimum absolute atomic E-state index is 0.126. The molecule has 4 aromatic rings. The molecule has 4 aromatic carbocycles. The van der Waals surface area contributed by atoms with Gasteiger partial charge in [0.1, 0.15) is 11.5 Å². The van der Waals surface area contributed by atoms with Gasteiger partial charge in [-0.25, -0.2) is 0 Å². The van der Waals surface area contributed by atoms with Gasteiger partial charge in [0.05, 0.1) is 0 Å². The normalized spacial score (nSPS) is 12.6. The van der Waals surface area contributed by atoms with Crippen LogP contribution in [0.25, 0.3) is 10.8 Å². The first-order valence-corrected chi connectivity index (χ1v) is 15.1. The second-order valence-electron chi connectivity index (χ2n) is 14.5. The molecule has 4 nitrogen and oxygen atoms in total. The number of phenolic OH excluding ortho intramolecular Hbond substituents is 2. The van der Waals surface area contributed by atoms with E-state index in [1.807, 2.05) is 0 Å². The van der Waals surface area contributed by atoms with E-state index < -0.39 is 0 Å². The number of hydrogen-bond acceptors (Lipinski definition) is 4. The van der Waals surface area contributed by atoms with Gasteiger partial charge >= 0.3 is 0 Å². The number of phenols is 2. The van der Waals surface area contributed by atoms with Gasteiger partial charge in [0.25, 0.3) is 0 Å². The molecule has 0 heterocycles. The van der Waals surface area contributed by atoms with Crippen molar-refractivity contribution in [2.24, 2.45) is 0 Å². The minimum Gasteiger partial charge on any atom is -0.507 e. The lowest BCUT2D eigenvalue weighted by Crippen LogP contribution is -2.22. The third kappa shape index (κ3) is 7.35. The van der Waals surface area contributed by atoms with Gasteiger partial charge in [0.15, 0.2) is 0 Å². The molecule has 42 heavy (non-hydrogen) atoms. The van der Waals surface area contributed by atoms with Crippen LogP contribution in [0.2, 0.25) is 0 Å². The monoisotopic (exact) mass is 566 g/mol. The summed E-state index contributed by atoms with van der Waals surface area (Å²) >= 11 is 0. The summed E-state index contributed by atoms with van der Waals surface area (Å²) in [6.07, 6.45) is 0. The topological polar surface area (TPSA) is 46.9 Å². The van der Waals surface area contributed by atoms with Gasteiger partial charge in [-0.3, -0.25) is 9.80 Å². The molecule has 0 aliphatic heterocycles. The first-order valence-electron chi connectivity index (χ1n) is 15.1. The second kappa shape index (κ2) is 12.1. The Morgan fingerprint density at radius 3 is 1.19 bits per heavy atom. The minimum atomic E-state index is -0.126. The summed E-state index contributed by atoms with van der Waals surface area (Å²) < 4.78 is 0. The summed E-state index contributed by atoms with van der Waals surface area (Å²) in [6.45, 7) is 19.9. The van der Waals surface area contributed by atoms with Crippen molar-refractivity contribution < 1.29 is 10.2 Å². The maximum atomic E-state index is 11.2. The maximum Gasteiger partial charge on any atom is 0.123 e. The van der Waals surface area contributed by atoms with Gasteiger partial charge in [-0.2, -0.15) is 0 Å². The van der Waals surface area contributed by atoms with Crippen molar-refractivity contribution in [1.82, 2.24) is 9.80 Å². The summed E-state index contributed by atoms with van der Waals surface area (Å²) in [5.74, 6) is 0.817. The molecule has 0 amide bonds. The number of hydrogen-bond donors (Lipinski definition) is 2. The lowest BCUT2D eigenvalue weighted by Gasteiger charge is -2.26. The molecule has 0 aliphatic rings. The van der Waals surface area contributed by atoms with Crippen LogP contribution < -0.4 is 0 Å². The zero-order valence-corrected chi connectivity index (χ0v) is 27.4. The SMILES string of the molecule is Cc1cc(CN(C)Cc2cc3ccccc3cc2CN(C)Cc2cc(C)cc(C(C)(C)C)c2O)c(O)c(C(C)(C)C)c1. The number of fused-ring (bicyclic) bond motifs is 1. The Bertz CT molecular complexity index is 1460. The summed E-state index contributed by atoms with van der Waals surface area (Å²) in [5, 5.41) is 24.8. The van der Waals surface area contributed by atoms with E-state index in [9.17, 15) is 10.2 Å². The molecule has 0 bridgehead atoms. The van der Waals surface area contributed by atoms with Crippen LogP contribution in [-0.2, 0) is 37.0 Å². The van der Waals surface area contributed by atoms with Crippen LogP contribution >= 0.6 is 0 Å². The average Bonchev–Trinajstić information content (AvgIpc) is 2.87. The van der Waals surface area contributed by atoms with Crippen LogP contribution in [0.5, 0.6) is 11.5 Å². The van der Waals surface area contributed by atoms with Gasteiger partial charge in [-0.1, -0.05) is 101 Å². The van der Waals surface area contributed by atoms with Gasteiger partial charge in [0, 0.05) is 37.3 Å². The van der Waals surface area contributed by atoms with Gasteiger partial charge in [-0.15, -0.1) is 0 Å². The van der Waals surface area contributed by atoms with E-state index in [-0.39, 0.29) is 10.8 Å². The first-order chi connectivity index (χ1) is 19.5. The first kappa shape index (κ1) is 31.6. The Hall–Kier alpha value is -3.34. The van der Waals surface area contributed by atoms with Crippen LogP contribution in [0, 0.1) is 13.8 Å². The fourth-order valence-corrected chi connectivity index (χ4v) is 6.00. The third-order valence-corrected chi connectivity index (χ3v) is 8.11. The lowest BCUT2D eigenvalue weighted by atomic mass is 9.84. The van der Waals surface area contributed by atoms with Crippen LogP contribution in [-0.4, -0.2) is 34.1 Å². The van der Waals surface area contributed by atoms with Crippen LogP contribution in [0.15, 0.2) is 60.7 Å². The van der Waals surface area contributed by atoms with Gasteiger partial charge in [0.2, 0.25) is 0 Å². The molecule has 0 spiro atoms. The van der Waals surface area contributed by atoms with Gasteiger partial charge < -0.3 is 10.2 Å². The molecular formula is C38H50N2O2. The molecule has 0 saturated heterocycles. The molecule has 4 rings (SSSR count). The predicted molar refractivity (Wildman–Crippen MR) is 177 cm³/mol. The summed E-state index contributed by atoms with van der Waals surface area (Å²) in [6, 6.07) is 21.6. The quantitative estimate of drug-likeness (QED) is 0.224. The Balaban J connectivity index is 1.62. The van der Waals surface area contributed by atoms with E-state index in [4.69, 9.17) is 0 Å². The van der Waals surface area contributed by atoms with Crippen molar-refractivity contribution in [3.05, 3.63) is 105 Å². The molecule has 0 saturated carbocycles. The van der Waals surface area contributed by atoms with Crippen molar-refractivity contribution in [3.8, 4) is 11.5 Å². The van der Waals surface area contributed by atoms with E-state index in [0.29, 0.717) is 24.6 Å². The Labute approximate surface area is 253 Å². The molecule has 224 valence electrons. The van der Waals surface area contributed by atoms with Gasteiger partial charge in [-0.05, 0) is 83.9 Å². The number of aryl methyl sites for hydroxylation is 2. The van der Waals surface area contributed by atoms with Crippen molar-refractivity contribution >= 4 is 10.8 Å². The largest absolute Gasteiger partial charge is 0.507 e. The fourth-order valence-electron chi connectivity index (χ4n) is 6.00. The van der Waals surface area contributed by atoms with Crippen molar-refractivity contribution in [1.29, 1.82) is 0 Å². The lowest BCUT2D eigenvalue weighted by molar-refractivity contribution is 0.296. The van der Waals surface area contributed by atoms with E-state index in [0.717, 1.165) is 35.3 Å². The molecular weight excluding hydrogens is 516 g/mol. The number of benzene rings is 4. The molecule has 0 radical (unpaired) electrons. The number of nitrogens with zero attached hydrogens (tertiary/aromatic N) is 2. The molecule has 0 aliphatic carbocycles. The zero-order valence-electron chi connectivity index (χ0n) is 27.4. The second-order valence-corrected chi connectivity index (χ2v) is 14.5. The molecule has 0 aromatic heterocycles. The predicted octanol–water partition coefficient (Wildman–Crippen LogP) is 8.73. The summed E-state index contributed by atoms with van der Waals surface area (Å²) in [5.41, 5.74) is 8.55. The van der Waals surface area contributed by atoms with Crippen LogP contribution in [0.4, 0.5) is 0 Å². The smallest absolute Gasteiger partial charge is 0.123 e. The standard InChI is InChI=1S/C38H50N2O2/c1-25-15-31(35(41)33(17-25)37(3,4)5)23-39(9)21-29-19-27-13-11-12-14-28(27)20-30(29)22-40(10)24-32-16-26(2)18-34(36(32)42)38(6,7)8/h11-20,41-42H,21-24H2,1-10H3. The molecule has 2 N–H and O–H groups in total. The molecule has 4 heteroatoms. The maximum absolute atomic E-state index is 11.2. The van der Waals surface area contributed by atoms with Crippen LogP contribution in [0.3, 0.4) is 0 Å². The molecule has 0 fully saturated rings. The van der Waals surface area contributed by atoms with Crippen molar-refractivity contribution in [3.63, 3.8) is 0 Å². The number of aromatic hydroxyl groups is 2. The number of rotatable bonds is 8. The molecule has 0 atom stereocenters. The molecule has 0 unspecified atom stereocenters. The van der Waals surface area contributed by atoms with E-state index in [1.54, 1.807) is 0 Å². The highest BCUT2D eigenvalue weighted by molar-refractivity contribution is 5.84. The highest BCUT2D eigenvalue weighted by atomic mass is 16.3. The summed E-state index contributed by atoms with van der Waals surface area (Å²) in [4.78, 5) is 4.58. The fraction of sp³-hybridized carbons (Fsp3) is 0.421. The highest BCUT2D eigenvalue weighted by Crippen LogP contribution is 2.36. The Morgan fingerprint density at radius 2 is 0.857 bits per heavy atom. The van der Waals surface area contributed by atoms with E-state index in [2.05, 4.69) is 140 Å². The Kier molecular flexibility index (Phi) is 9.11. The Morgan fingerprint density at radius 1 is 0.524 bits per heavy atom. The average molecular weight is 567 g/mol. The van der Waals surface area contributed by atoms with Crippen molar-refractivity contribution in [2.45, 2.75) is 92.4 Å². The van der Waals surface area contributed by atoms with Crippen LogP contribution in [0.1, 0.15) is 86.1 Å². The third-order valence-electron chi connectivity index (χ3n) is 8.11. The highest BCUT2D eigenvalue weighted by Gasteiger charge is 2.23. The van der Waals surface area contributed by atoms with E-state index >= 15 is 0 Å².